The molecule has 2 rings (SSSR count). The summed E-state index contributed by atoms with van der Waals surface area (Å²) in [5.74, 6) is -0.490. The van der Waals surface area contributed by atoms with Crippen molar-refractivity contribution >= 4 is 27.9 Å². The fraction of sp³-hybridized carbons (Fsp3) is 0.730. The van der Waals surface area contributed by atoms with Crippen molar-refractivity contribution in [2.24, 2.45) is 5.92 Å². The van der Waals surface area contributed by atoms with Crippen LogP contribution in [0.2, 0.25) is 0 Å². The van der Waals surface area contributed by atoms with Crippen molar-refractivity contribution in [3.63, 3.8) is 0 Å². The number of allylic oxidation sites excluding steroid dienone is 2. The normalized spacial score (nSPS) is 20.1. The van der Waals surface area contributed by atoms with E-state index in [1.807, 2.05) is 42.5 Å². The summed E-state index contributed by atoms with van der Waals surface area (Å²) in [6, 6.07) is 8.20. The van der Waals surface area contributed by atoms with Gasteiger partial charge in [-0.2, -0.15) is 0 Å². The van der Waals surface area contributed by atoms with Crippen LogP contribution in [0.3, 0.4) is 0 Å². The van der Waals surface area contributed by atoms with Gasteiger partial charge >= 0.3 is 20.0 Å². The molecule has 2 radical (unpaired) electrons. The van der Waals surface area contributed by atoms with Gasteiger partial charge in [0, 0.05) is 32.1 Å². The second-order valence-electron chi connectivity index (χ2n) is 13.0. The molecule has 13 heteroatoms. The van der Waals surface area contributed by atoms with E-state index in [-0.39, 0.29) is 19.2 Å². The molecule has 2 unspecified atom stereocenters. The number of carbonyl (C=O) groups excluding carboxylic acids is 2. The largest absolute Gasteiger partial charge is 0.508 e. The average molecular weight is 721 g/mol. The smallest absolute Gasteiger partial charge is 0.431 e. The number of carbonyl (C=O) groups is 2. The van der Waals surface area contributed by atoms with Gasteiger partial charge in [-0.15, -0.1) is 0 Å². The summed E-state index contributed by atoms with van der Waals surface area (Å²) < 4.78 is 38.4. The van der Waals surface area contributed by atoms with Gasteiger partial charge in [-0.1, -0.05) is 126 Å². The third-order valence-corrected chi connectivity index (χ3v) is 9.79. The Hall–Kier alpha value is -2.37. The van der Waals surface area contributed by atoms with Crippen molar-refractivity contribution in [2.75, 3.05) is 26.8 Å². The second-order valence-corrected chi connectivity index (χ2v) is 14.5. The first-order valence-electron chi connectivity index (χ1n) is 18.7. The summed E-state index contributed by atoms with van der Waals surface area (Å²) in [6.45, 7) is 3.31. The molecule has 1 heterocycles. The van der Waals surface area contributed by atoms with Gasteiger partial charge < -0.3 is 29.7 Å². The minimum Gasteiger partial charge on any atom is -0.431 e. The third-order valence-electron chi connectivity index (χ3n) is 8.82. The van der Waals surface area contributed by atoms with Crippen molar-refractivity contribution in [1.29, 1.82) is 0 Å². The molecule has 0 spiro atoms. The zero-order valence-electron chi connectivity index (χ0n) is 30.4. The van der Waals surface area contributed by atoms with Crippen LogP contribution in [0.5, 0.6) is 0 Å². The Bertz CT molecular complexity index is 1110. The summed E-state index contributed by atoms with van der Waals surface area (Å²) >= 11 is 0. The summed E-state index contributed by atoms with van der Waals surface area (Å²) in [6.07, 6.45) is 21.0. The van der Waals surface area contributed by atoms with Crippen LogP contribution in [0.4, 0.5) is 9.59 Å². The number of nitrogens with one attached hydrogen (secondary N) is 2. The Labute approximate surface area is 302 Å². The molecule has 0 aliphatic carbocycles. The topological polar surface area (TPSA) is 142 Å². The number of benzene rings is 1. The van der Waals surface area contributed by atoms with Gasteiger partial charge in [-0.3, -0.25) is 9.05 Å². The molecule has 0 bridgehead atoms. The highest BCUT2D eigenvalue weighted by Crippen LogP contribution is 2.48. The minimum atomic E-state index is -4.38. The van der Waals surface area contributed by atoms with Crippen molar-refractivity contribution < 1.29 is 42.3 Å². The zero-order valence-corrected chi connectivity index (χ0v) is 31.3. The Morgan fingerprint density at radius 3 is 2.04 bits per heavy atom. The van der Waals surface area contributed by atoms with Crippen molar-refractivity contribution in [3.05, 3.63) is 48.0 Å². The Morgan fingerprint density at radius 1 is 0.860 bits per heavy atom. The number of hydrogen-bond donors (Lipinski definition) is 3. The van der Waals surface area contributed by atoms with Crippen molar-refractivity contribution in [1.82, 2.24) is 10.6 Å². The molecule has 0 saturated carbocycles. The lowest BCUT2D eigenvalue weighted by atomic mass is 9.82. The van der Waals surface area contributed by atoms with Crippen molar-refractivity contribution in [2.45, 2.75) is 141 Å². The summed E-state index contributed by atoms with van der Waals surface area (Å²) in [5.41, 5.74) is 0.801. The fourth-order valence-electron chi connectivity index (χ4n) is 5.86. The van der Waals surface area contributed by atoms with Gasteiger partial charge in [0.25, 0.3) is 0 Å². The van der Waals surface area contributed by atoms with E-state index in [0.717, 1.165) is 44.8 Å². The van der Waals surface area contributed by atoms with E-state index in [9.17, 15) is 19.0 Å². The summed E-state index contributed by atoms with van der Waals surface area (Å²) in [4.78, 5) is 34.2. The standard InChI is InChI=1S/C37H62BN2O9P/c1-3-4-5-6-7-8-9-10-11-12-13-16-22-27-39-36(41)40-28-23-17-14-15-21-26-32-34(49-50(43,44)45-2)33(48-35(32)38)30-47-37(42)46-29-31-24-19-18-20-25-31/h15,18-21,24-25,32-35H,3-14,16-17,22-23,26-30H2,1-2H3,(H,43,44)(H2,39,40,41)/b21-15+/t32-,33+,34?,35+/m0/s1. The van der Waals surface area contributed by atoms with Crippen LogP contribution in [-0.4, -0.2) is 69.9 Å². The Kier molecular flexibility index (Phi) is 23.9. The molecular weight excluding hydrogens is 658 g/mol. The molecule has 50 heavy (non-hydrogen) atoms. The molecule has 1 fully saturated rings. The highest BCUT2D eigenvalue weighted by molar-refractivity contribution is 7.47. The quantitative estimate of drug-likeness (QED) is 0.0256. The van der Waals surface area contributed by atoms with E-state index in [2.05, 4.69) is 22.1 Å². The first-order valence-corrected chi connectivity index (χ1v) is 20.2. The number of phosphoric ester groups is 1. The molecule has 1 aromatic carbocycles. The van der Waals surface area contributed by atoms with Crippen LogP contribution in [0.25, 0.3) is 0 Å². The van der Waals surface area contributed by atoms with Gasteiger partial charge in [0.05, 0.1) is 0 Å². The monoisotopic (exact) mass is 720 g/mol. The number of phosphoric acid groups is 1. The number of amides is 2. The molecule has 3 N–H and O–H groups in total. The summed E-state index contributed by atoms with van der Waals surface area (Å²) in [7, 11) is 2.89. The highest BCUT2D eigenvalue weighted by Gasteiger charge is 2.46. The first kappa shape index (κ1) is 43.8. The minimum absolute atomic E-state index is 0.0381. The number of hydrogen-bond acceptors (Lipinski definition) is 8. The maximum atomic E-state index is 12.3. The molecule has 1 aromatic rings. The fourth-order valence-corrected chi connectivity index (χ4v) is 6.55. The molecular formula is C37H62BN2O9P. The second kappa shape index (κ2) is 27.3. The van der Waals surface area contributed by atoms with E-state index in [1.54, 1.807) is 0 Å². The Balaban J connectivity index is 1.55. The first-order chi connectivity index (χ1) is 24.3. The van der Waals surface area contributed by atoms with Crippen LogP contribution in [0.15, 0.2) is 42.5 Å². The van der Waals surface area contributed by atoms with Gasteiger partial charge in [0.2, 0.25) is 0 Å². The van der Waals surface area contributed by atoms with E-state index < -0.39 is 38.1 Å². The van der Waals surface area contributed by atoms with E-state index >= 15 is 0 Å². The molecule has 5 atom stereocenters. The lowest BCUT2D eigenvalue weighted by molar-refractivity contribution is -0.0303. The third kappa shape index (κ3) is 20.5. The van der Waals surface area contributed by atoms with Gasteiger partial charge in [-0.25, -0.2) is 14.2 Å². The molecule has 282 valence electrons. The lowest BCUT2D eigenvalue weighted by Crippen LogP contribution is -2.36. The van der Waals surface area contributed by atoms with E-state index in [4.69, 9.17) is 26.6 Å². The number of unbranched alkanes of at least 4 members (excludes halogenated alkanes) is 14. The van der Waals surface area contributed by atoms with E-state index in [1.165, 1.54) is 70.6 Å². The molecule has 1 aliphatic heterocycles. The predicted molar refractivity (Wildman–Crippen MR) is 197 cm³/mol. The van der Waals surface area contributed by atoms with E-state index in [0.29, 0.717) is 19.5 Å². The lowest BCUT2D eigenvalue weighted by Gasteiger charge is -2.24. The molecule has 1 aliphatic rings. The number of rotatable bonds is 28. The zero-order chi connectivity index (χ0) is 36.3. The maximum absolute atomic E-state index is 12.3. The maximum Gasteiger partial charge on any atom is 0.508 e. The van der Waals surface area contributed by atoms with Crippen LogP contribution < -0.4 is 10.6 Å². The SMILES string of the molecule is [B][C@@H]1O[C@H](COC(=O)OCc2ccccc2)C(OP(=O)(O)OC)[C@@H]1C/C=C/CCCCNC(=O)NCCCCCCCCCCCCCCC. The number of ether oxygens (including phenoxy) is 3. The van der Waals surface area contributed by atoms with Crippen molar-refractivity contribution in [3.8, 4) is 0 Å². The predicted octanol–water partition coefficient (Wildman–Crippen LogP) is 8.49. The van der Waals surface area contributed by atoms with Crippen LogP contribution in [-0.2, 0) is 34.4 Å². The average Bonchev–Trinajstić information content (AvgIpc) is 3.40. The molecule has 0 aromatic heterocycles. The van der Waals surface area contributed by atoms with Crippen LogP contribution in [0.1, 0.15) is 122 Å². The molecule has 2 amide bonds. The van der Waals surface area contributed by atoms with Gasteiger partial charge in [0.15, 0.2) is 0 Å². The highest BCUT2D eigenvalue weighted by atomic mass is 31.2. The number of urea groups is 1. The molecule has 1 saturated heterocycles. The van der Waals surface area contributed by atoms with Crippen LogP contribution >= 0.6 is 7.82 Å². The molecule has 11 nitrogen and oxygen atoms in total. The van der Waals surface area contributed by atoms with Gasteiger partial charge in [0.1, 0.15) is 33.3 Å². The summed E-state index contributed by atoms with van der Waals surface area (Å²) in [5, 5.41) is 5.86. The van der Waals surface area contributed by atoms with Crippen LogP contribution in [0, 0.1) is 5.92 Å². The van der Waals surface area contributed by atoms with Gasteiger partial charge in [-0.05, 0) is 37.7 Å². The Morgan fingerprint density at radius 2 is 1.44 bits per heavy atom.